The Hall–Kier alpha value is -3.41. The van der Waals surface area contributed by atoms with E-state index in [0.29, 0.717) is 0 Å². The Morgan fingerprint density at radius 1 is 0.706 bits per heavy atom. The molecule has 6 rings (SSSR count). The summed E-state index contributed by atoms with van der Waals surface area (Å²) < 4.78 is 2.28. The zero-order valence-corrected chi connectivity index (χ0v) is 18.9. The van der Waals surface area contributed by atoms with Crippen molar-refractivity contribution in [2.45, 2.75) is 13.8 Å². The Morgan fingerprint density at radius 2 is 1.32 bits per heavy atom. The molecule has 164 valence electrons. The number of hydrogen-bond donors (Lipinski definition) is 1. The standard InChI is InChI=1S/C29H24N4.Mg.2H/c1-18-26-14-13-24(32-26)16-23-10-9-21(30-23)15-22-11-12-25(31-22)17-27-28(19(2)29(18)33(27)3)20-7-5-4-6-8-20;;;/h4-17,30H,1-3H3;;;. The number of aryl methyl sites for hydroxylation is 3. The van der Waals surface area contributed by atoms with Crippen LogP contribution in [0.3, 0.4) is 0 Å². The predicted octanol–water partition coefficient (Wildman–Crippen LogP) is 6.03. The lowest BCUT2D eigenvalue weighted by Crippen LogP contribution is -1.91. The molecule has 0 aliphatic carbocycles. The van der Waals surface area contributed by atoms with Gasteiger partial charge < -0.3 is 9.55 Å². The Bertz CT molecular complexity index is 1640. The fraction of sp³-hybridized carbons (Fsp3) is 0.103. The molecular formula is C29H26MgN4. The summed E-state index contributed by atoms with van der Waals surface area (Å²) in [5.74, 6) is 0. The van der Waals surface area contributed by atoms with Gasteiger partial charge in [0.25, 0.3) is 0 Å². The molecule has 0 unspecified atom stereocenters. The van der Waals surface area contributed by atoms with Crippen LogP contribution in [-0.4, -0.2) is 42.6 Å². The van der Waals surface area contributed by atoms with Gasteiger partial charge in [-0.05, 0) is 85.2 Å². The summed E-state index contributed by atoms with van der Waals surface area (Å²) >= 11 is 0. The monoisotopic (exact) mass is 454 g/mol. The van der Waals surface area contributed by atoms with Crippen molar-refractivity contribution in [3.05, 3.63) is 94.6 Å². The lowest BCUT2D eigenvalue weighted by atomic mass is 10.0. The van der Waals surface area contributed by atoms with Crippen LogP contribution in [0.2, 0.25) is 0 Å². The Morgan fingerprint density at radius 3 is 2.03 bits per heavy atom. The zero-order chi connectivity index (χ0) is 22.5. The van der Waals surface area contributed by atoms with Gasteiger partial charge in [-0.2, -0.15) is 0 Å². The third-order valence-corrected chi connectivity index (χ3v) is 6.45. The van der Waals surface area contributed by atoms with Crippen LogP contribution in [0.15, 0.2) is 60.7 Å². The summed E-state index contributed by atoms with van der Waals surface area (Å²) in [6, 6.07) is 21.1. The van der Waals surface area contributed by atoms with E-state index in [4.69, 9.17) is 9.97 Å². The van der Waals surface area contributed by atoms with E-state index in [1.54, 1.807) is 0 Å². The van der Waals surface area contributed by atoms with Crippen molar-refractivity contribution in [2.24, 2.45) is 7.05 Å². The van der Waals surface area contributed by atoms with E-state index < -0.39 is 0 Å². The first kappa shape index (κ1) is 22.4. The van der Waals surface area contributed by atoms with Crippen molar-refractivity contribution in [1.29, 1.82) is 0 Å². The molecular weight excluding hydrogens is 429 g/mol. The number of hydrogen-bond acceptors (Lipinski definition) is 2. The second-order valence-electron chi connectivity index (χ2n) is 8.64. The van der Waals surface area contributed by atoms with Gasteiger partial charge in [0, 0.05) is 29.2 Å². The lowest BCUT2D eigenvalue weighted by Gasteiger charge is -2.02. The number of benzene rings is 1. The molecule has 0 atom stereocenters. The van der Waals surface area contributed by atoms with Crippen molar-refractivity contribution < 1.29 is 0 Å². The zero-order valence-electron chi connectivity index (χ0n) is 18.9. The first-order chi connectivity index (χ1) is 16.1. The van der Waals surface area contributed by atoms with Crippen LogP contribution in [-0.2, 0) is 7.05 Å². The quantitative estimate of drug-likeness (QED) is 0.308. The van der Waals surface area contributed by atoms with E-state index in [0.717, 1.165) is 44.9 Å². The van der Waals surface area contributed by atoms with Crippen molar-refractivity contribution in [1.82, 2.24) is 19.5 Å². The highest BCUT2D eigenvalue weighted by Crippen LogP contribution is 2.35. The topological polar surface area (TPSA) is 46.5 Å². The van der Waals surface area contributed by atoms with E-state index in [-0.39, 0.29) is 23.1 Å². The maximum absolute atomic E-state index is 4.93. The molecule has 1 aromatic carbocycles. The van der Waals surface area contributed by atoms with Crippen LogP contribution < -0.4 is 0 Å². The number of fused-ring (bicyclic) bond motifs is 8. The van der Waals surface area contributed by atoms with E-state index in [2.05, 4.69) is 115 Å². The van der Waals surface area contributed by atoms with Crippen LogP contribution >= 0.6 is 0 Å². The lowest BCUT2D eigenvalue weighted by molar-refractivity contribution is 1.000. The average Bonchev–Trinajstić information content (AvgIpc) is 3.59. The third kappa shape index (κ3) is 3.81. The van der Waals surface area contributed by atoms with Crippen LogP contribution in [0.5, 0.6) is 0 Å². The van der Waals surface area contributed by atoms with Crippen LogP contribution in [0.4, 0.5) is 0 Å². The summed E-state index contributed by atoms with van der Waals surface area (Å²) in [6.45, 7) is 4.37. The number of aromatic amines is 1. The number of nitrogens with one attached hydrogen (secondary N) is 1. The Labute approximate surface area is 214 Å². The van der Waals surface area contributed by atoms with E-state index in [9.17, 15) is 0 Å². The van der Waals surface area contributed by atoms with Gasteiger partial charge in [-0.3, -0.25) is 0 Å². The molecule has 1 N–H and O–H groups in total. The van der Waals surface area contributed by atoms with Gasteiger partial charge in [0.05, 0.1) is 28.3 Å². The minimum Gasteiger partial charge on any atom is -0.355 e. The molecule has 0 amide bonds. The average molecular weight is 455 g/mol. The fourth-order valence-electron chi connectivity index (χ4n) is 4.92. The van der Waals surface area contributed by atoms with Gasteiger partial charge in [-0.1, -0.05) is 30.3 Å². The van der Waals surface area contributed by atoms with Crippen molar-refractivity contribution in [3.8, 4) is 11.1 Å². The molecule has 4 aromatic rings. The van der Waals surface area contributed by atoms with Crippen LogP contribution in [0.1, 0.15) is 33.9 Å². The Balaban J connectivity index is 0.00000241. The first-order valence-corrected chi connectivity index (χ1v) is 11.2. The highest BCUT2D eigenvalue weighted by Gasteiger charge is 2.16. The molecule has 8 bridgehead atoms. The van der Waals surface area contributed by atoms with Crippen molar-refractivity contribution in [3.63, 3.8) is 0 Å². The largest absolute Gasteiger partial charge is 0.355 e. The maximum atomic E-state index is 4.93. The van der Waals surface area contributed by atoms with Gasteiger partial charge in [-0.15, -0.1) is 0 Å². The molecule has 0 radical (unpaired) electrons. The first-order valence-electron chi connectivity index (χ1n) is 11.2. The number of nitrogens with zero attached hydrogens (tertiary/aromatic N) is 3. The molecule has 5 heteroatoms. The second-order valence-corrected chi connectivity index (χ2v) is 8.64. The number of rotatable bonds is 1. The molecule has 0 saturated heterocycles. The third-order valence-electron chi connectivity index (χ3n) is 6.45. The molecule has 0 fully saturated rings. The van der Waals surface area contributed by atoms with Gasteiger partial charge in [-0.25, -0.2) is 9.97 Å². The second kappa shape index (κ2) is 8.74. The molecule has 2 aliphatic rings. The van der Waals surface area contributed by atoms with E-state index in [1.165, 1.54) is 22.2 Å². The minimum atomic E-state index is 0. The summed E-state index contributed by atoms with van der Waals surface area (Å²) in [7, 11) is 2.14. The Kier molecular flexibility index (Phi) is 5.76. The predicted molar refractivity (Wildman–Crippen MR) is 147 cm³/mol. The van der Waals surface area contributed by atoms with Gasteiger partial charge in [0.2, 0.25) is 0 Å². The van der Waals surface area contributed by atoms with Gasteiger partial charge in [0.1, 0.15) is 0 Å². The minimum absolute atomic E-state index is 0. The van der Waals surface area contributed by atoms with Crippen molar-refractivity contribution >= 4 is 69.4 Å². The normalized spacial score (nSPS) is 12.1. The van der Waals surface area contributed by atoms with Gasteiger partial charge >= 0.3 is 23.1 Å². The highest BCUT2D eigenvalue weighted by atomic mass is 24.3. The summed E-state index contributed by atoms with van der Waals surface area (Å²) in [5, 5.41) is 0. The van der Waals surface area contributed by atoms with E-state index in [1.807, 2.05) is 0 Å². The highest BCUT2D eigenvalue weighted by molar-refractivity contribution is 5.93. The summed E-state index contributed by atoms with van der Waals surface area (Å²) in [4.78, 5) is 13.2. The molecule has 4 nitrogen and oxygen atoms in total. The fourth-order valence-corrected chi connectivity index (χ4v) is 4.92. The molecule has 2 aliphatic heterocycles. The number of aromatic nitrogens is 4. The van der Waals surface area contributed by atoms with Crippen LogP contribution in [0.25, 0.3) is 57.5 Å². The molecule has 0 spiro atoms. The van der Waals surface area contributed by atoms with Gasteiger partial charge in [0.15, 0.2) is 0 Å². The number of H-pyrrole nitrogens is 1. The smallest absolute Gasteiger partial charge is 0.316 e. The van der Waals surface area contributed by atoms with E-state index >= 15 is 0 Å². The molecule has 0 saturated carbocycles. The molecule has 34 heavy (non-hydrogen) atoms. The summed E-state index contributed by atoms with van der Waals surface area (Å²) in [6.07, 6.45) is 8.33. The summed E-state index contributed by atoms with van der Waals surface area (Å²) in [5.41, 5.74) is 13.1. The SMILES string of the molecule is Cc1c2nc(cc3ccc(cc4nc(cc5c(-c6ccccc6)c(C)c1n5C)C=C4)[nH]3)C=C2.[MgH2]. The maximum Gasteiger partial charge on any atom is 0.316 e. The van der Waals surface area contributed by atoms with Crippen LogP contribution in [0, 0.1) is 13.8 Å². The molecule has 5 heterocycles. The van der Waals surface area contributed by atoms with Crippen molar-refractivity contribution in [2.75, 3.05) is 0 Å². The molecule has 3 aromatic heterocycles.